The minimum atomic E-state index is 0.135. The molecule has 2 aromatic rings. The van der Waals surface area contributed by atoms with Crippen LogP contribution in [0, 0.1) is 19.8 Å². The summed E-state index contributed by atoms with van der Waals surface area (Å²) in [5.41, 5.74) is 3.24. The summed E-state index contributed by atoms with van der Waals surface area (Å²) in [5, 5.41) is 4.24. The molecule has 0 spiro atoms. The molecule has 0 N–H and O–H groups in total. The quantitative estimate of drug-likeness (QED) is 0.778. The molecule has 0 aliphatic rings. The molecule has 0 fully saturated rings. The Bertz CT molecular complexity index is 584. The molecule has 0 saturated carbocycles. The number of aryl methyl sites for hydroxylation is 2. The second-order valence-corrected chi connectivity index (χ2v) is 5.19. The number of fused-ring (bicyclic) bond motifs is 1. The second-order valence-electron chi connectivity index (χ2n) is 5.19. The van der Waals surface area contributed by atoms with Gasteiger partial charge in [-0.2, -0.15) is 5.10 Å². The SMILES string of the molecule is Cc1cc(C)n2ncc(C(=O)CCC(C)C)c2n1. The number of carbonyl (C=O) groups excluding carboxylic acids is 1. The summed E-state index contributed by atoms with van der Waals surface area (Å²) in [6.45, 7) is 8.14. The maximum atomic E-state index is 12.2. The fourth-order valence-corrected chi connectivity index (χ4v) is 2.02. The number of hydrogen-bond donors (Lipinski definition) is 0. The van der Waals surface area contributed by atoms with Gasteiger partial charge in [0.1, 0.15) is 0 Å². The molecular formula is C14H19N3O. The summed E-state index contributed by atoms with van der Waals surface area (Å²) in [6.07, 6.45) is 3.10. The zero-order chi connectivity index (χ0) is 13.3. The molecule has 96 valence electrons. The summed E-state index contributed by atoms with van der Waals surface area (Å²) in [5.74, 6) is 0.670. The van der Waals surface area contributed by atoms with Crippen LogP contribution in [-0.4, -0.2) is 20.4 Å². The molecule has 2 aromatic heterocycles. The van der Waals surface area contributed by atoms with Crippen LogP contribution >= 0.6 is 0 Å². The highest BCUT2D eigenvalue weighted by Crippen LogP contribution is 2.16. The smallest absolute Gasteiger partial charge is 0.168 e. The molecule has 4 nitrogen and oxygen atoms in total. The van der Waals surface area contributed by atoms with Crippen molar-refractivity contribution in [3.05, 3.63) is 29.2 Å². The lowest BCUT2D eigenvalue weighted by Crippen LogP contribution is -2.03. The highest BCUT2D eigenvalue weighted by atomic mass is 16.1. The van der Waals surface area contributed by atoms with Gasteiger partial charge in [0.05, 0.1) is 11.8 Å². The first-order valence-electron chi connectivity index (χ1n) is 6.34. The summed E-state index contributed by atoms with van der Waals surface area (Å²) >= 11 is 0. The van der Waals surface area contributed by atoms with Crippen molar-refractivity contribution < 1.29 is 4.79 Å². The Morgan fingerprint density at radius 2 is 2.11 bits per heavy atom. The molecule has 4 heteroatoms. The highest BCUT2D eigenvalue weighted by molar-refractivity contribution is 6.01. The molecule has 0 saturated heterocycles. The van der Waals surface area contributed by atoms with E-state index in [0.717, 1.165) is 17.8 Å². The van der Waals surface area contributed by atoms with Crippen LogP contribution in [0.3, 0.4) is 0 Å². The maximum absolute atomic E-state index is 12.2. The van der Waals surface area contributed by atoms with Crippen LogP contribution in [0.1, 0.15) is 48.4 Å². The van der Waals surface area contributed by atoms with Crippen LogP contribution in [0.25, 0.3) is 5.65 Å². The van der Waals surface area contributed by atoms with Gasteiger partial charge >= 0.3 is 0 Å². The van der Waals surface area contributed by atoms with E-state index < -0.39 is 0 Å². The largest absolute Gasteiger partial charge is 0.294 e. The van der Waals surface area contributed by atoms with Gasteiger partial charge in [-0.25, -0.2) is 9.50 Å². The van der Waals surface area contributed by atoms with Gasteiger partial charge in [-0.05, 0) is 32.3 Å². The summed E-state index contributed by atoms with van der Waals surface area (Å²) in [6, 6.07) is 1.96. The summed E-state index contributed by atoms with van der Waals surface area (Å²) < 4.78 is 1.73. The zero-order valence-corrected chi connectivity index (χ0v) is 11.4. The van der Waals surface area contributed by atoms with E-state index in [9.17, 15) is 4.79 Å². The van der Waals surface area contributed by atoms with Gasteiger partial charge in [0.15, 0.2) is 11.4 Å². The molecule has 0 aliphatic heterocycles. The molecule has 2 heterocycles. The Morgan fingerprint density at radius 1 is 1.39 bits per heavy atom. The molecule has 0 bridgehead atoms. The van der Waals surface area contributed by atoms with Gasteiger partial charge in [0.2, 0.25) is 0 Å². The van der Waals surface area contributed by atoms with E-state index in [-0.39, 0.29) is 5.78 Å². The highest BCUT2D eigenvalue weighted by Gasteiger charge is 2.15. The summed E-state index contributed by atoms with van der Waals surface area (Å²) in [4.78, 5) is 16.6. The van der Waals surface area contributed by atoms with Crippen LogP contribution < -0.4 is 0 Å². The lowest BCUT2D eigenvalue weighted by molar-refractivity contribution is 0.0977. The Balaban J connectivity index is 2.37. The summed E-state index contributed by atoms with van der Waals surface area (Å²) in [7, 11) is 0. The average Bonchev–Trinajstić information content (AvgIpc) is 2.69. The molecular weight excluding hydrogens is 226 g/mol. The van der Waals surface area contributed by atoms with Crippen molar-refractivity contribution in [2.45, 2.75) is 40.5 Å². The van der Waals surface area contributed by atoms with Crippen molar-refractivity contribution in [3.8, 4) is 0 Å². The van der Waals surface area contributed by atoms with Crippen molar-refractivity contribution in [2.75, 3.05) is 0 Å². The van der Waals surface area contributed by atoms with Gasteiger partial charge in [0, 0.05) is 17.8 Å². The van der Waals surface area contributed by atoms with Crippen molar-refractivity contribution in [3.63, 3.8) is 0 Å². The predicted octanol–water partition coefficient (Wildman–Crippen LogP) is 2.97. The number of rotatable bonds is 4. The van der Waals surface area contributed by atoms with Crippen molar-refractivity contribution in [2.24, 2.45) is 5.92 Å². The van der Waals surface area contributed by atoms with Crippen LogP contribution in [-0.2, 0) is 0 Å². The lowest BCUT2D eigenvalue weighted by Gasteiger charge is -2.04. The minimum Gasteiger partial charge on any atom is -0.294 e. The van der Waals surface area contributed by atoms with Crippen molar-refractivity contribution >= 4 is 11.4 Å². The normalized spacial score (nSPS) is 11.4. The van der Waals surface area contributed by atoms with Crippen LogP contribution in [0.15, 0.2) is 12.3 Å². The molecule has 0 radical (unpaired) electrons. The molecule has 0 aliphatic carbocycles. The number of Topliss-reactive ketones (excluding diaryl/α,β-unsaturated/α-hetero) is 1. The van der Waals surface area contributed by atoms with Crippen LogP contribution in [0.4, 0.5) is 0 Å². The van der Waals surface area contributed by atoms with E-state index in [2.05, 4.69) is 23.9 Å². The zero-order valence-electron chi connectivity index (χ0n) is 11.4. The van der Waals surface area contributed by atoms with Gasteiger partial charge in [-0.3, -0.25) is 4.79 Å². The third-order valence-corrected chi connectivity index (χ3v) is 3.03. The Kier molecular flexibility index (Phi) is 3.45. The Hall–Kier alpha value is -1.71. The molecule has 0 atom stereocenters. The van der Waals surface area contributed by atoms with E-state index in [1.54, 1.807) is 10.7 Å². The van der Waals surface area contributed by atoms with Crippen LogP contribution in [0.5, 0.6) is 0 Å². The first-order valence-corrected chi connectivity index (χ1v) is 6.34. The third-order valence-electron chi connectivity index (χ3n) is 3.03. The number of aromatic nitrogens is 3. The Labute approximate surface area is 107 Å². The fraction of sp³-hybridized carbons (Fsp3) is 0.500. The lowest BCUT2D eigenvalue weighted by atomic mass is 10.0. The number of hydrogen-bond acceptors (Lipinski definition) is 3. The predicted molar refractivity (Wildman–Crippen MR) is 70.9 cm³/mol. The number of carbonyl (C=O) groups is 1. The van der Waals surface area contributed by atoms with Gasteiger partial charge in [-0.15, -0.1) is 0 Å². The second kappa shape index (κ2) is 4.88. The minimum absolute atomic E-state index is 0.135. The van der Waals surface area contributed by atoms with E-state index in [0.29, 0.717) is 23.5 Å². The Morgan fingerprint density at radius 3 is 2.78 bits per heavy atom. The molecule has 0 amide bonds. The van der Waals surface area contributed by atoms with E-state index in [4.69, 9.17) is 0 Å². The molecule has 2 rings (SSSR count). The molecule has 0 aromatic carbocycles. The van der Waals surface area contributed by atoms with E-state index in [1.165, 1.54) is 0 Å². The monoisotopic (exact) mass is 245 g/mol. The van der Waals surface area contributed by atoms with Crippen molar-refractivity contribution in [1.29, 1.82) is 0 Å². The fourth-order valence-electron chi connectivity index (χ4n) is 2.02. The van der Waals surface area contributed by atoms with Gasteiger partial charge in [-0.1, -0.05) is 13.8 Å². The molecule has 0 unspecified atom stereocenters. The van der Waals surface area contributed by atoms with E-state index in [1.807, 2.05) is 19.9 Å². The topological polar surface area (TPSA) is 47.3 Å². The number of nitrogens with zero attached hydrogens (tertiary/aromatic N) is 3. The number of ketones is 1. The standard InChI is InChI=1S/C14H19N3O/c1-9(2)5-6-13(18)12-8-15-17-11(4)7-10(3)16-14(12)17/h7-9H,5-6H2,1-4H3. The van der Waals surface area contributed by atoms with Crippen molar-refractivity contribution in [1.82, 2.24) is 14.6 Å². The molecule has 18 heavy (non-hydrogen) atoms. The first-order chi connectivity index (χ1) is 8.49. The first kappa shape index (κ1) is 12.7. The van der Waals surface area contributed by atoms with Gasteiger partial charge < -0.3 is 0 Å². The third kappa shape index (κ3) is 2.42. The van der Waals surface area contributed by atoms with Crippen LogP contribution in [0.2, 0.25) is 0 Å². The maximum Gasteiger partial charge on any atom is 0.168 e. The van der Waals surface area contributed by atoms with E-state index >= 15 is 0 Å². The average molecular weight is 245 g/mol. The van der Waals surface area contributed by atoms with Gasteiger partial charge in [0.25, 0.3) is 0 Å².